The molecular weight excluding hydrogens is 598 g/mol. The lowest BCUT2D eigenvalue weighted by Crippen LogP contribution is -2.55. The highest BCUT2D eigenvalue weighted by Crippen LogP contribution is 2.44. The molecule has 2 amide bonds. The van der Waals surface area contributed by atoms with Crippen molar-refractivity contribution in [2.24, 2.45) is 5.92 Å². The van der Waals surface area contributed by atoms with E-state index >= 15 is 0 Å². The zero-order valence-electron chi connectivity index (χ0n) is 25.6. The maximum Gasteiger partial charge on any atom is 0.416 e. The van der Waals surface area contributed by atoms with Gasteiger partial charge < -0.3 is 5.32 Å². The van der Waals surface area contributed by atoms with Crippen molar-refractivity contribution in [2.45, 2.75) is 51.4 Å². The van der Waals surface area contributed by atoms with E-state index in [1.54, 1.807) is 21.7 Å². The van der Waals surface area contributed by atoms with Crippen molar-refractivity contribution in [3.63, 3.8) is 0 Å². The van der Waals surface area contributed by atoms with E-state index in [4.69, 9.17) is 5.10 Å². The number of nitrogens with zero attached hydrogens (tertiary/aromatic N) is 4. The summed E-state index contributed by atoms with van der Waals surface area (Å²) in [5.74, 6) is -1.36. The molecule has 7 nitrogen and oxygen atoms in total. The Morgan fingerprint density at radius 2 is 1.67 bits per heavy atom. The van der Waals surface area contributed by atoms with Gasteiger partial charge >= 0.3 is 6.18 Å². The van der Waals surface area contributed by atoms with Crippen LogP contribution in [0.2, 0.25) is 0 Å². The number of rotatable bonds is 7. The van der Waals surface area contributed by atoms with Gasteiger partial charge in [0.2, 0.25) is 0 Å². The molecule has 1 saturated heterocycles. The van der Waals surface area contributed by atoms with Crippen LogP contribution in [0.5, 0.6) is 0 Å². The van der Waals surface area contributed by atoms with Gasteiger partial charge in [-0.1, -0.05) is 43.3 Å². The topological polar surface area (TPSA) is 70.5 Å². The first-order valence-corrected chi connectivity index (χ1v) is 15.5. The molecule has 0 radical (unpaired) electrons. The minimum Gasteiger partial charge on any atom is -0.339 e. The normalized spacial score (nSPS) is 19.3. The SMILES string of the molecule is CCN1C(=O)[C@@H](NC(=O)c2cccc(C(F)(F)F)c2)[C@@H](c2ccc(F)cc2)c2c(CN3CCC(C)CC3)nn(-c3ccccc3)c21. The summed E-state index contributed by atoms with van der Waals surface area (Å²) in [7, 11) is 0. The highest BCUT2D eigenvalue weighted by atomic mass is 19.4. The van der Waals surface area contributed by atoms with Crippen molar-refractivity contribution >= 4 is 17.6 Å². The number of piperidine rings is 1. The van der Waals surface area contributed by atoms with Crippen molar-refractivity contribution < 1.29 is 27.2 Å². The fourth-order valence-corrected chi connectivity index (χ4v) is 6.46. The summed E-state index contributed by atoms with van der Waals surface area (Å²) in [4.78, 5) is 31.9. The van der Waals surface area contributed by atoms with E-state index in [0.29, 0.717) is 35.1 Å². The van der Waals surface area contributed by atoms with E-state index in [1.807, 2.05) is 37.3 Å². The van der Waals surface area contributed by atoms with Crippen LogP contribution in [-0.2, 0) is 17.5 Å². The van der Waals surface area contributed by atoms with E-state index in [2.05, 4.69) is 17.1 Å². The molecule has 46 heavy (non-hydrogen) atoms. The maximum absolute atomic E-state index is 14.4. The number of nitrogens with one attached hydrogen (secondary N) is 1. The largest absolute Gasteiger partial charge is 0.416 e. The minimum absolute atomic E-state index is 0.225. The van der Waals surface area contributed by atoms with Gasteiger partial charge in [-0.25, -0.2) is 9.07 Å². The van der Waals surface area contributed by atoms with Crippen molar-refractivity contribution in [3.8, 4) is 5.69 Å². The summed E-state index contributed by atoms with van der Waals surface area (Å²) in [6, 6.07) is 18.1. The summed E-state index contributed by atoms with van der Waals surface area (Å²) in [5, 5.41) is 7.86. The molecule has 3 heterocycles. The molecular formula is C35H35F4N5O2. The van der Waals surface area contributed by atoms with Gasteiger partial charge in [-0.3, -0.25) is 19.4 Å². The van der Waals surface area contributed by atoms with Crippen molar-refractivity contribution in [1.82, 2.24) is 20.0 Å². The fourth-order valence-electron chi connectivity index (χ4n) is 6.46. The maximum atomic E-state index is 14.4. The third-order valence-corrected chi connectivity index (χ3v) is 8.94. The number of para-hydroxylation sites is 1. The minimum atomic E-state index is -4.64. The number of benzene rings is 3. The number of carbonyl (C=O) groups is 2. The number of anilines is 1. The number of halogens is 4. The zero-order chi connectivity index (χ0) is 32.6. The molecule has 1 aromatic heterocycles. The number of fused-ring (bicyclic) bond motifs is 1. The Morgan fingerprint density at radius 3 is 2.33 bits per heavy atom. The molecule has 4 aromatic rings. The number of likely N-dealkylation sites (N-methyl/N-ethyl adjacent to an activating group) is 1. The lowest BCUT2D eigenvalue weighted by Gasteiger charge is -2.39. The van der Waals surface area contributed by atoms with Crippen LogP contribution < -0.4 is 10.2 Å². The van der Waals surface area contributed by atoms with E-state index in [-0.39, 0.29) is 12.1 Å². The van der Waals surface area contributed by atoms with Crippen LogP contribution >= 0.6 is 0 Å². The third kappa shape index (κ3) is 6.16. The van der Waals surface area contributed by atoms with E-state index in [1.165, 1.54) is 18.2 Å². The fraction of sp³-hybridized carbons (Fsp3) is 0.343. The molecule has 1 fully saturated rings. The first-order chi connectivity index (χ1) is 22.0. The smallest absolute Gasteiger partial charge is 0.339 e. The third-order valence-electron chi connectivity index (χ3n) is 8.94. The second-order valence-electron chi connectivity index (χ2n) is 12.0. The van der Waals surface area contributed by atoms with Gasteiger partial charge in [-0.2, -0.15) is 18.3 Å². The Bertz CT molecular complexity index is 1710. The van der Waals surface area contributed by atoms with Crippen LogP contribution in [0.15, 0.2) is 78.9 Å². The summed E-state index contributed by atoms with van der Waals surface area (Å²) in [6.45, 7) is 6.54. The van der Waals surface area contributed by atoms with E-state index in [0.717, 1.165) is 49.8 Å². The van der Waals surface area contributed by atoms with Gasteiger partial charge in [0.15, 0.2) is 0 Å². The lowest BCUT2D eigenvalue weighted by molar-refractivity contribution is -0.137. The second kappa shape index (κ2) is 12.7. The number of likely N-dealkylation sites (tertiary alicyclic amines) is 1. The Morgan fingerprint density at radius 1 is 0.978 bits per heavy atom. The average Bonchev–Trinajstić information content (AvgIpc) is 3.41. The van der Waals surface area contributed by atoms with Crippen LogP contribution in [0.1, 0.15) is 65.3 Å². The van der Waals surface area contributed by atoms with Crippen LogP contribution in [0.3, 0.4) is 0 Å². The molecule has 2 atom stereocenters. The van der Waals surface area contributed by atoms with Crippen LogP contribution in [0.4, 0.5) is 23.4 Å². The molecule has 0 aliphatic carbocycles. The summed E-state index contributed by atoms with van der Waals surface area (Å²) in [5.41, 5.74) is 1.55. The molecule has 0 saturated carbocycles. The molecule has 0 unspecified atom stereocenters. The molecule has 11 heteroatoms. The molecule has 6 rings (SSSR count). The summed E-state index contributed by atoms with van der Waals surface area (Å²) in [6.07, 6.45) is -2.56. The molecule has 1 N–H and O–H groups in total. The van der Waals surface area contributed by atoms with Gasteiger partial charge in [0.25, 0.3) is 11.8 Å². The Hall–Kier alpha value is -4.51. The molecule has 0 spiro atoms. The first-order valence-electron chi connectivity index (χ1n) is 15.5. The van der Waals surface area contributed by atoms with Crippen LogP contribution in [0, 0.1) is 11.7 Å². The van der Waals surface area contributed by atoms with E-state index in [9.17, 15) is 27.2 Å². The molecule has 2 aliphatic rings. The number of amides is 2. The standard InChI is InChI=1S/C35H35F4N5O2/c1-3-43-33-30(28(21-42-18-16-22(2)17-19-42)41-44(33)27-10-5-4-6-11-27)29(23-12-14-26(36)15-13-23)31(34(43)46)40-32(45)24-8-7-9-25(20-24)35(37,38)39/h4-15,20,22,29,31H,3,16-19,21H2,1-2H3,(H,40,45)/t29-,31-/m0/s1. The van der Waals surface area contributed by atoms with Gasteiger partial charge in [0.05, 0.1) is 16.9 Å². The highest BCUT2D eigenvalue weighted by molar-refractivity contribution is 6.05. The predicted molar refractivity (Wildman–Crippen MR) is 166 cm³/mol. The van der Waals surface area contributed by atoms with Crippen LogP contribution in [-0.4, -0.2) is 52.2 Å². The second-order valence-corrected chi connectivity index (χ2v) is 12.0. The Balaban J connectivity index is 1.51. The monoisotopic (exact) mass is 633 g/mol. The number of alkyl halides is 3. The van der Waals surface area contributed by atoms with Gasteiger partial charge in [0, 0.05) is 30.1 Å². The Kier molecular flexibility index (Phi) is 8.69. The van der Waals surface area contributed by atoms with Crippen molar-refractivity contribution in [3.05, 3.63) is 113 Å². The molecule has 240 valence electrons. The van der Waals surface area contributed by atoms with Gasteiger partial charge in [-0.15, -0.1) is 0 Å². The van der Waals surface area contributed by atoms with Gasteiger partial charge in [-0.05, 0) is 86.8 Å². The first kappa shape index (κ1) is 31.5. The number of hydrogen-bond acceptors (Lipinski definition) is 4. The molecule has 0 bridgehead atoms. The quantitative estimate of drug-likeness (QED) is 0.234. The van der Waals surface area contributed by atoms with Crippen molar-refractivity contribution in [1.29, 1.82) is 0 Å². The predicted octanol–water partition coefficient (Wildman–Crippen LogP) is 6.56. The molecule has 2 aliphatic heterocycles. The van der Waals surface area contributed by atoms with Gasteiger partial charge in [0.1, 0.15) is 17.7 Å². The number of hydrogen-bond donors (Lipinski definition) is 1. The lowest BCUT2D eigenvalue weighted by atomic mass is 9.80. The zero-order valence-corrected chi connectivity index (χ0v) is 25.6. The Labute approximate surface area is 264 Å². The van der Waals surface area contributed by atoms with Crippen LogP contribution in [0.25, 0.3) is 5.69 Å². The van der Waals surface area contributed by atoms with E-state index < -0.39 is 41.3 Å². The average molecular weight is 634 g/mol. The number of carbonyl (C=O) groups excluding carboxylic acids is 2. The summed E-state index contributed by atoms with van der Waals surface area (Å²) < 4.78 is 56.4. The number of aromatic nitrogens is 2. The molecule has 3 aromatic carbocycles. The highest BCUT2D eigenvalue weighted by Gasteiger charge is 2.46. The van der Waals surface area contributed by atoms with Crippen molar-refractivity contribution in [2.75, 3.05) is 24.5 Å². The summed E-state index contributed by atoms with van der Waals surface area (Å²) >= 11 is 0.